The van der Waals surface area contributed by atoms with Gasteiger partial charge in [-0.2, -0.15) is 0 Å². The first-order valence-corrected chi connectivity index (χ1v) is 6.88. The average molecular weight is 289 g/mol. The number of halogens is 1. The van der Waals surface area contributed by atoms with E-state index in [1.54, 1.807) is 12.3 Å². The summed E-state index contributed by atoms with van der Waals surface area (Å²) in [6.07, 6.45) is 3.06. The summed E-state index contributed by atoms with van der Waals surface area (Å²) in [4.78, 5) is 17.4. The van der Waals surface area contributed by atoms with Crippen LogP contribution in [0.1, 0.15) is 12.8 Å². The molecule has 3 rings (SSSR count). The highest BCUT2D eigenvalue weighted by molar-refractivity contribution is 5.99. The Kier molecular flexibility index (Phi) is 3.37. The number of carboxylic acid groups (broad SMARTS) is 1. The van der Waals surface area contributed by atoms with Crippen molar-refractivity contribution >= 4 is 28.2 Å². The zero-order chi connectivity index (χ0) is 15.0. The Morgan fingerprint density at radius 3 is 3.00 bits per heavy atom. The second-order valence-corrected chi connectivity index (χ2v) is 5.35. The first-order valence-electron chi connectivity index (χ1n) is 6.88. The van der Waals surface area contributed by atoms with Gasteiger partial charge in [-0.1, -0.05) is 0 Å². The predicted octanol–water partition coefficient (Wildman–Crippen LogP) is 2.26. The number of pyridine rings is 1. The van der Waals surface area contributed by atoms with E-state index in [1.165, 1.54) is 12.1 Å². The highest BCUT2D eigenvalue weighted by Crippen LogP contribution is 2.31. The number of carbonyl (C=O) groups is 1. The number of benzene rings is 1. The van der Waals surface area contributed by atoms with E-state index in [1.807, 2.05) is 4.90 Å². The summed E-state index contributed by atoms with van der Waals surface area (Å²) in [6, 6.07) is 4.42. The maximum Gasteiger partial charge on any atom is 0.308 e. The average Bonchev–Trinajstić information content (AvgIpc) is 2.46. The van der Waals surface area contributed by atoms with Gasteiger partial charge in [-0.25, -0.2) is 9.37 Å². The maximum absolute atomic E-state index is 13.6. The molecule has 1 saturated heterocycles. The van der Waals surface area contributed by atoms with Gasteiger partial charge >= 0.3 is 5.97 Å². The molecular formula is C15H16FN3O2. The summed E-state index contributed by atoms with van der Waals surface area (Å²) >= 11 is 0. The summed E-state index contributed by atoms with van der Waals surface area (Å²) in [5, 5.41) is 10.5. The van der Waals surface area contributed by atoms with E-state index in [4.69, 9.17) is 5.73 Å². The van der Waals surface area contributed by atoms with Crippen molar-refractivity contribution in [1.29, 1.82) is 0 Å². The van der Waals surface area contributed by atoms with Crippen LogP contribution in [0.25, 0.3) is 10.8 Å². The highest BCUT2D eigenvalue weighted by atomic mass is 19.1. The molecule has 0 radical (unpaired) electrons. The minimum absolute atomic E-state index is 0.362. The minimum Gasteiger partial charge on any atom is -0.481 e. The van der Waals surface area contributed by atoms with Crippen LogP contribution in [0.15, 0.2) is 24.4 Å². The number of piperidine rings is 1. The van der Waals surface area contributed by atoms with Crippen LogP contribution >= 0.6 is 0 Å². The van der Waals surface area contributed by atoms with Crippen LogP contribution in [-0.2, 0) is 4.79 Å². The normalized spacial score (nSPS) is 18.9. The van der Waals surface area contributed by atoms with E-state index in [0.717, 1.165) is 11.8 Å². The van der Waals surface area contributed by atoms with Crippen LogP contribution in [0.2, 0.25) is 0 Å². The second kappa shape index (κ2) is 5.20. The van der Waals surface area contributed by atoms with Crippen LogP contribution in [0, 0.1) is 11.7 Å². The molecule has 0 spiro atoms. The van der Waals surface area contributed by atoms with Gasteiger partial charge in [0.2, 0.25) is 0 Å². The van der Waals surface area contributed by atoms with Gasteiger partial charge in [0, 0.05) is 35.7 Å². The Labute approximate surface area is 121 Å². The van der Waals surface area contributed by atoms with Gasteiger partial charge in [-0.05, 0) is 31.0 Å². The molecule has 1 fully saturated rings. The maximum atomic E-state index is 13.6. The van der Waals surface area contributed by atoms with Crippen molar-refractivity contribution < 1.29 is 14.3 Å². The molecule has 0 aliphatic carbocycles. The van der Waals surface area contributed by atoms with Gasteiger partial charge in [0.05, 0.1) is 5.92 Å². The molecular weight excluding hydrogens is 273 g/mol. The smallest absolute Gasteiger partial charge is 0.308 e. The lowest BCUT2D eigenvalue weighted by Gasteiger charge is -2.32. The molecule has 3 N–H and O–H groups in total. The molecule has 1 aliphatic rings. The molecule has 5 nitrogen and oxygen atoms in total. The predicted molar refractivity (Wildman–Crippen MR) is 78.7 cm³/mol. The number of nitrogens with two attached hydrogens (primary N) is 1. The molecule has 1 aromatic heterocycles. The fourth-order valence-electron chi connectivity index (χ4n) is 2.89. The summed E-state index contributed by atoms with van der Waals surface area (Å²) in [5.41, 5.74) is 6.21. The van der Waals surface area contributed by atoms with E-state index in [0.29, 0.717) is 36.4 Å². The third-order valence-electron chi connectivity index (χ3n) is 3.93. The van der Waals surface area contributed by atoms with Crippen molar-refractivity contribution in [3.05, 3.63) is 30.2 Å². The summed E-state index contributed by atoms with van der Waals surface area (Å²) in [5.74, 6) is -1.03. The van der Waals surface area contributed by atoms with E-state index < -0.39 is 17.7 Å². The third-order valence-corrected chi connectivity index (χ3v) is 3.93. The van der Waals surface area contributed by atoms with Gasteiger partial charge in [-0.3, -0.25) is 4.79 Å². The van der Waals surface area contributed by atoms with E-state index in [2.05, 4.69) is 4.98 Å². The minimum atomic E-state index is -0.800. The molecule has 2 heterocycles. The van der Waals surface area contributed by atoms with Crippen molar-refractivity contribution in [1.82, 2.24) is 4.98 Å². The Morgan fingerprint density at radius 1 is 1.43 bits per heavy atom. The number of hydrogen-bond donors (Lipinski definition) is 2. The summed E-state index contributed by atoms with van der Waals surface area (Å²) < 4.78 is 13.6. The lowest BCUT2D eigenvalue weighted by Crippen LogP contribution is -2.39. The number of carboxylic acids is 1. The molecule has 0 bridgehead atoms. The largest absolute Gasteiger partial charge is 0.481 e. The van der Waals surface area contributed by atoms with Gasteiger partial charge in [0.1, 0.15) is 11.6 Å². The molecule has 6 heteroatoms. The van der Waals surface area contributed by atoms with Gasteiger partial charge in [0.25, 0.3) is 0 Å². The lowest BCUT2D eigenvalue weighted by atomic mass is 9.98. The molecule has 21 heavy (non-hydrogen) atoms. The van der Waals surface area contributed by atoms with E-state index in [-0.39, 0.29) is 0 Å². The number of aromatic nitrogens is 1. The number of aliphatic carboxylic acids is 1. The molecule has 1 atom stereocenters. The number of nitrogen functional groups attached to an aromatic ring is 1. The van der Waals surface area contributed by atoms with Crippen LogP contribution in [0.5, 0.6) is 0 Å². The lowest BCUT2D eigenvalue weighted by molar-refractivity contribution is -0.141. The van der Waals surface area contributed by atoms with Crippen LogP contribution in [-0.4, -0.2) is 29.1 Å². The SMILES string of the molecule is Nc1cc(F)cc2c(N3CCCC(C(=O)O)C3)nccc12. The third kappa shape index (κ3) is 2.49. The zero-order valence-corrected chi connectivity index (χ0v) is 11.4. The first-order chi connectivity index (χ1) is 10.1. The van der Waals surface area contributed by atoms with Crippen molar-refractivity contribution in [2.45, 2.75) is 12.8 Å². The highest BCUT2D eigenvalue weighted by Gasteiger charge is 2.27. The van der Waals surface area contributed by atoms with Crippen molar-refractivity contribution in [2.75, 3.05) is 23.7 Å². The van der Waals surface area contributed by atoms with Gasteiger partial charge in [-0.15, -0.1) is 0 Å². The Balaban J connectivity index is 2.06. The Hall–Kier alpha value is -2.37. The fraction of sp³-hybridized carbons (Fsp3) is 0.333. The molecule has 0 amide bonds. The second-order valence-electron chi connectivity index (χ2n) is 5.35. The first kappa shape index (κ1) is 13.6. The van der Waals surface area contributed by atoms with E-state index in [9.17, 15) is 14.3 Å². The number of nitrogens with zero attached hydrogens (tertiary/aromatic N) is 2. The fourth-order valence-corrected chi connectivity index (χ4v) is 2.89. The molecule has 1 aromatic carbocycles. The number of fused-ring (bicyclic) bond motifs is 1. The van der Waals surface area contributed by atoms with Gasteiger partial charge < -0.3 is 15.7 Å². The molecule has 1 unspecified atom stereocenters. The quantitative estimate of drug-likeness (QED) is 0.829. The standard InChI is InChI=1S/C15H16FN3O2/c16-10-6-12-11(13(17)7-10)3-4-18-14(12)19-5-1-2-9(8-19)15(20)21/h3-4,6-7,9H,1-2,5,8,17H2,(H,20,21). The molecule has 2 aromatic rings. The van der Waals surface area contributed by atoms with E-state index >= 15 is 0 Å². The van der Waals surface area contributed by atoms with Gasteiger partial charge in [0.15, 0.2) is 0 Å². The van der Waals surface area contributed by atoms with Crippen LogP contribution in [0.3, 0.4) is 0 Å². The molecule has 0 saturated carbocycles. The van der Waals surface area contributed by atoms with Crippen LogP contribution in [0.4, 0.5) is 15.9 Å². The summed E-state index contributed by atoms with van der Waals surface area (Å²) in [7, 11) is 0. The zero-order valence-electron chi connectivity index (χ0n) is 11.4. The Bertz CT molecular complexity index is 705. The molecule has 1 aliphatic heterocycles. The number of rotatable bonds is 2. The van der Waals surface area contributed by atoms with Crippen molar-refractivity contribution in [2.24, 2.45) is 5.92 Å². The topological polar surface area (TPSA) is 79.5 Å². The Morgan fingerprint density at radius 2 is 2.24 bits per heavy atom. The van der Waals surface area contributed by atoms with Crippen molar-refractivity contribution in [3.8, 4) is 0 Å². The summed E-state index contributed by atoms with van der Waals surface area (Å²) in [6.45, 7) is 1.10. The van der Waals surface area contributed by atoms with Crippen LogP contribution < -0.4 is 10.6 Å². The molecule has 110 valence electrons. The van der Waals surface area contributed by atoms with Crippen molar-refractivity contribution in [3.63, 3.8) is 0 Å². The number of anilines is 2. The number of hydrogen-bond acceptors (Lipinski definition) is 4. The monoisotopic (exact) mass is 289 g/mol.